The Morgan fingerprint density at radius 3 is 2.36 bits per heavy atom. The van der Waals surface area contributed by atoms with Crippen LogP contribution in [0.3, 0.4) is 0 Å². The number of nitrogens with zero attached hydrogens (tertiary/aromatic N) is 2. The number of carbonyl (C=O) groups excluding carboxylic acids is 3. The topological polar surface area (TPSA) is 99.5 Å². The van der Waals surface area contributed by atoms with E-state index in [1.54, 1.807) is 35.1 Å². The zero-order chi connectivity index (χ0) is 20.7. The van der Waals surface area contributed by atoms with Crippen molar-refractivity contribution in [1.82, 2.24) is 15.1 Å². The van der Waals surface area contributed by atoms with Crippen molar-refractivity contribution < 1.29 is 23.9 Å². The van der Waals surface area contributed by atoms with Gasteiger partial charge in [-0.15, -0.1) is 0 Å². The average molecular weight is 387 g/mol. The molecule has 0 radical (unpaired) electrons. The summed E-state index contributed by atoms with van der Waals surface area (Å²) >= 11 is 0. The number of methoxy groups -OCH3 is 1. The number of hydrogen-bond donors (Lipinski definition) is 1. The molecule has 2 rings (SSSR count). The second-order valence-electron chi connectivity index (χ2n) is 6.78. The van der Waals surface area contributed by atoms with Crippen LogP contribution < -0.4 is 5.32 Å². The highest BCUT2D eigenvalue weighted by molar-refractivity contribution is 5.92. The maximum Gasteiger partial charge on any atom is 0.338 e. The number of ether oxygens (including phenoxy) is 2. The second-order valence-corrected chi connectivity index (χ2v) is 6.78. The summed E-state index contributed by atoms with van der Waals surface area (Å²) in [6, 6.07) is 7.80. The van der Waals surface area contributed by atoms with E-state index in [1.165, 1.54) is 7.11 Å². The van der Waals surface area contributed by atoms with Gasteiger partial charge in [0.25, 0.3) is 5.91 Å². The van der Waals surface area contributed by atoms with Gasteiger partial charge in [0.05, 0.1) is 18.4 Å². The van der Waals surface area contributed by atoms with Gasteiger partial charge < -0.3 is 14.8 Å². The molecule has 0 spiro atoms. The molecule has 1 aromatic carbocycles. The molecule has 0 unspecified atom stereocenters. The summed E-state index contributed by atoms with van der Waals surface area (Å²) in [6.07, 6.45) is 2.12. The first-order chi connectivity index (χ1) is 13.3. The van der Waals surface area contributed by atoms with Gasteiger partial charge in [0.2, 0.25) is 0 Å². The fourth-order valence-corrected chi connectivity index (χ4v) is 2.66. The molecule has 8 nitrogen and oxygen atoms in total. The van der Waals surface area contributed by atoms with Crippen molar-refractivity contribution in [2.24, 2.45) is 5.92 Å². The van der Waals surface area contributed by atoms with Gasteiger partial charge in [-0.3, -0.25) is 4.79 Å². The molecule has 2 aromatic rings. The molecule has 0 saturated heterocycles. The average Bonchev–Trinajstić information content (AvgIpc) is 3.10. The van der Waals surface area contributed by atoms with Crippen LogP contribution in [-0.4, -0.2) is 47.4 Å². The van der Waals surface area contributed by atoms with Crippen molar-refractivity contribution in [3.05, 3.63) is 47.8 Å². The third kappa shape index (κ3) is 5.67. The van der Waals surface area contributed by atoms with Gasteiger partial charge in [0, 0.05) is 11.9 Å². The van der Waals surface area contributed by atoms with Crippen LogP contribution in [0.1, 0.15) is 36.3 Å². The molecule has 150 valence electrons. The van der Waals surface area contributed by atoms with Crippen LogP contribution in [0.2, 0.25) is 0 Å². The Kier molecular flexibility index (Phi) is 7.31. The molecule has 0 aliphatic carbocycles. The highest BCUT2D eigenvalue weighted by Gasteiger charge is 2.23. The van der Waals surface area contributed by atoms with Crippen LogP contribution in [0.15, 0.2) is 36.5 Å². The minimum atomic E-state index is -0.771. The van der Waals surface area contributed by atoms with Gasteiger partial charge in [-0.25, -0.2) is 14.3 Å². The van der Waals surface area contributed by atoms with Crippen LogP contribution in [0, 0.1) is 12.8 Å². The van der Waals surface area contributed by atoms with Crippen LogP contribution >= 0.6 is 0 Å². The number of esters is 2. The Bertz CT molecular complexity index is 827. The Morgan fingerprint density at radius 1 is 1.14 bits per heavy atom. The van der Waals surface area contributed by atoms with E-state index in [4.69, 9.17) is 9.47 Å². The molecule has 1 N–H and O–H groups in total. The molecule has 0 aliphatic rings. The standard InChI is InChI=1S/C20H25N3O5/c1-13(2)11-17(20(26)27-4)22-18(24)12-28-19(25)15-5-7-16(8-6-15)23-14(3)9-10-21-23/h5-10,13,17H,11-12H2,1-4H3,(H,22,24)/t17-/m0/s1. The minimum Gasteiger partial charge on any atom is -0.467 e. The third-order valence-corrected chi connectivity index (χ3v) is 4.04. The van der Waals surface area contributed by atoms with Crippen molar-refractivity contribution in [2.75, 3.05) is 13.7 Å². The monoisotopic (exact) mass is 387 g/mol. The highest BCUT2D eigenvalue weighted by Crippen LogP contribution is 2.12. The third-order valence-electron chi connectivity index (χ3n) is 4.04. The number of benzene rings is 1. The highest BCUT2D eigenvalue weighted by atomic mass is 16.5. The van der Waals surface area contributed by atoms with Gasteiger partial charge in [0.1, 0.15) is 6.04 Å². The lowest BCUT2D eigenvalue weighted by atomic mass is 10.0. The van der Waals surface area contributed by atoms with Crippen LogP contribution in [0.25, 0.3) is 5.69 Å². The Hall–Kier alpha value is -3.16. The van der Waals surface area contributed by atoms with Crippen molar-refractivity contribution >= 4 is 17.8 Å². The molecule has 1 atom stereocenters. The maximum atomic E-state index is 12.2. The van der Waals surface area contributed by atoms with E-state index in [1.807, 2.05) is 26.8 Å². The first kappa shape index (κ1) is 21.1. The summed E-state index contributed by atoms with van der Waals surface area (Å²) in [6.45, 7) is 5.30. The largest absolute Gasteiger partial charge is 0.467 e. The van der Waals surface area contributed by atoms with Crippen molar-refractivity contribution in [1.29, 1.82) is 0 Å². The Labute approximate surface area is 163 Å². The number of aromatic nitrogens is 2. The van der Waals surface area contributed by atoms with Crippen LogP contribution in [0.5, 0.6) is 0 Å². The van der Waals surface area contributed by atoms with E-state index in [9.17, 15) is 14.4 Å². The number of aryl methyl sites for hydroxylation is 1. The molecule has 1 aromatic heterocycles. The van der Waals surface area contributed by atoms with E-state index in [2.05, 4.69) is 10.4 Å². The van der Waals surface area contributed by atoms with Crippen molar-refractivity contribution in [2.45, 2.75) is 33.2 Å². The quantitative estimate of drug-likeness (QED) is 0.696. The molecule has 0 aliphatic heterocycles. The lowest BCUT2D eigenvalue weighted by Gasteiger charge is -2.18. The molecule has 0 saturated carbocycles. The fourth-order valence-electron chi connectivity index (χ4n) is 2.66. The fraction of sp³-hybridized carbons (Fsp3) is 0.400. The number of hydrogen-bond acceptors (Lipinski definition) is 6. The SMILES string of the molecule is COC(=O)[C@H](CC(C)C)NC(=O)COC(=O)c1ccc(-n2nccc2C)cc1. The first-order valence-electron chi connectivity index (χ1n) is 8.97. The molecule has 0 fully saturated rings. The van der Waals surface area contributed by atoms with E-state index in [-0.39, 0.29) is 5.92 Å². The van der Waals surface area contributed by atoms with E-state index < -0.39 is 30.5 Å². The van der Waals surface area contributed by atoms with Crippen molar-refractivity contribution in [3.63, 3.8) is 0 Å². The number of amides is 1. The van der Waals surface area contributed by atoms with Gasteiger partial charge in [-0.05, 0) is 49.6 Å². The minimum absolute atomic E-state index is 0.184. The van der Waals surface area contributed by atoms with Gasteiger partial charge in [0.15, 0.2) is 6.61 Å². The van der Waals surface area contributed by atoms with Crippen LogP contribution in [-0.2, 0) is 19.1 Å². The van der Waals surface area contributed by atoms with Gasteiger partial charge in [-0.2, -0.15) is 5.10 Å². The lowest BCUT2D eigenvalue weighted by molar-refractivity contribution is -0.145. The zero-order valence-electron chi connectivity index (χ0n) is 16.5. The van der Waals surface area contributed by atoms with E-state index in [0.29, 0.717) is 12.0 Å². The predicted molar refractivity (Wildman–Crippen MR) is 102 cm³/mol. The molecule has 1 amide bonds. The summed E-state index contributed by atoms with van der Waals surface area (Å²) in [5.41, 5.74) is 2.09. The summed E-state index contributed by atoms with van der Waals surface area (Å²) in [7, 11) is 1.26. The first-order valence-corrected chi connectivity index (χ1v) is 8.97. The predicted octanol–water partition coefficient (Wildman–Crippen LogP) is 2.04. The molecule has 0 bridgehead atoms. The summed E-state index contributed by atoms with van der Waals surface area (Å²) in [5, 5.41) is 6.74. The van der Waals surface area contributed by atoms with Crippen molar-refractivity contribution in [3.8, 4) is 5.69 Å². The smallest absolute Gasteiger partial charge is 0.338 e. The van der Waals surface area contributed by atoms with Gasteiger partial charge >= 0.3 is 11.9 Å². The van der Waals surface area contributed by atoms with Crippen LogP contribution in [0.4, 0.5) is 0 Å². The second kappa shape index (κ2) is 9.68. The zero-order valence-corrected chi connectivity index (χ0v) is 16.5. The summed E-state index contributed by atoms with van der Waals surface area (Å²) < 4.78 is 11.5. The maximum absolute atomic E-state index is 12.2. The van der Waals surface area contributed by atoms with E-state index >= 15 is 0 Å². The number of rotatable bonds is 8. The molecular formula is C20H25N3O5. The summed E-state index contributed by atoms with van der Waals surface area (Å²) in [5.74, 6) is -1.53. The number of carbonyl (C=O) groups is 3. The van der Waals surface area contributed by atoms with E-state index in [0.717, 1.165) is 11.4 Å². The molecule has 28 heavy (non-hydrogen) atoms. The molecule has 1 heterocycles. The normalized spacial score (nSPS) is 11.8. The number of nitrogens with one attached hydrogen (secondary N) is 1. The Balaban J connectivity index is 1.91. The summed E-state index contributed by atoms with van der Waals surface area (Å²) in [4.78, 5) is 35.9. The van der Waals surface area contributed by atoms with Gasteiger partial charge in [-0.1, -0.05) is 13.8 Å². The molecule has 8 heteroatoms. The lowest BCUT2D eigenvalue weighted by Crippen LogP contribution is -2.44. The Morgan fingerprint density at radius 2 is 1.82 bits per heavy atom. The molecular weight excluding hydrogens is 362 g/mol.